The number of anilines is 1. The normalized spacial score (nSPS) is 12.0. The predicted molar refractivity (Wildman–Crippen MR) is 111 cm³/mol. The van der Waals surface area contributed by atoms with Crippen molar-refractivity contribution in [3.05, 3.63) is 96.1 Å². The van der Waals surface area contributed by atoms with Crippen LogP contribution < -0.4 is 5.32 Å². The van der Waals surface area contributed by atoms with Gasteiger partial charge >= 0.3 is 6.18 Å². The molecule has 0 saturated carbocycles. The lowest BCUT2D eigenvalue weighted by atomic mass is 10.2. The van der Waals surface area contributed by atoms with Gasteiger partial charge in [0.25, 0.3) is 0 Å². The van der Waals surface area contributed by atoms with E-state index in [1.165, 1.54) is 24.3 Å². The molecule has 0 aliphatic carbocycles. The minimum absolute atomic E-state index is 0.0119. The monoisotopic (exact) mass is 448 g/mol. The van der Waals surface area contributed by atoms with Gasteiger partial charge in [0.1, 0.15) is 0 Å². The molecule has 1 amide bonds. The maximum atomic E-state index is 13.1. The molecule has 0 saturated heterocycles. The molecule has 0 radical (unpaired) electrons. The number of nitrogens with zero attached hydrogens (tertiary/aromatic N) is 1. The topological polar surface area (TPSA) is 66.5 Å². The molecule has 31 heavy (non-hydrogen) atoms. The Balaban J connectivity index is 1.84. The standard InChI is InChI=1S/C22H19F3N2O3S/c23-22(24,25)18-10-7-11-19(14-18)26-21(28)16-27(15-17-8-3-1-4-9-17)31(29,30)20-12-5-2-6-13-20/h1-14H,15-16H2,(H,26,28). The van der Waals surface area contributed by atoms with Crippen LogP contribution in [-0.4, -0.2) is 25.2 Å². The molecule has 0 aliphatic heterocycles. The predicted octanol–water partition coefficient (Wildman–Crippen LogP) is 4.54. The van der Waals surface area contributed by atoms with Crippen LogP contribution in [0.1, 0.15) is 11.1 Å². The molecule has 0 aromatic heterocycles. The molecule has 162 valence electrons. The van der Waals surface area contributed by atoms with Crippen molar-refractivity contribution >= 4 is 21.6 Å². The van der Waals surface area contributed by atoms with E-state index in [4.69, 9.17) is 0 Å². The minimum Gasteiger partial charge on any atom is -0.325 e. The molecule has 0 fully saturated rings. The number of carbonyl (C=O) groups is 1. The number of alkyl halides is 3. The second-order valence-corrected chi connectivity index (χ2v) is 8.64. The van der Waals surface area contributed by atoms with E-state index >= 15 is 0 Å². The van der Waals surface area contributed by atoms with Gasteiger partial charge in [-0.15, -0.1) is 0 Å². The van der Waals surface area contributed by atoms with E-state index in [1.807, 2.05) is 0 Å². The first-order chi connectivity index (χ1) is 14.7. The Hall–Kier alpha value is -3.17. The van der Waals surface area contributed by atoms with Gasteiger partial charge in [0.05, 0.1) is 17.0 Å². The van der Waals surface area contributed by atoms with E-state index in [1.54, 1.807) is 48.5 Å². The molecule has 0 spiro atoms. The van der Waals surface area contributed by atoms with Crippen molar-refractivity contribution in [3.8, 4) is 0 Å². The van der Waals surface area contributed by atoms with Gasteiger partial charge in [-0.1, -0.05) is 54.6 Å². The van der Waals surface area contributed by atoms with E-state index in [-0.39, 0.29) is 17.1 Å². The van der Waals surface area contributed by atoms with E-state index in [0.29, 0.717) is 5.56 Å². The van der Waals surface area contributed by atoms with E-state index in [0.717, 1.165) is 16.4 Å². The molecule has 5 nitrogen and oxygen atoms in total. The molecule has 3 aromatic rings. The third-order valence-electron chi connectivity index (χ3n) is 4.38. The first kappa shape index (κ1) is 22.5. The first-order valence-electron chi connectivity index (χ1n) is 9.22. The average Bonchev–Trinajstić information content (AvgIpc) is 2.74. The molecule has 1 N–H and O–H groups in total. The van der Waals surface area contributed by atoms with Crippen molar-refractivity contribution in [2.75, 3.05) is 11.9 Å². The molecule has 0 atom stereocenters. The van der Waals surface area contributed by atoms with Gasteiger partial charge in [-0.05, 0) is 35.9 Å². The third-order valence-corrected chi connectivity index (χ3v) is 6.18. The number of nitrogens with one attached hydrogen (secondary N) is 1. The molecular weight excluding hydrogens is 429 g/mol. The Labute approximate surface area is 178 Å². The Morgan fingerprint density at radius 3 is 2.10 bits per heavy atom. The van der Waals surface area contributed by atoms with Crippen LogP contribution in [0.2, 0.25) is 0 Å². The average molecular weight is 448 g/mol. The summed E-state index contributed by atoms with van der Waals surface area (Å²) in [5.41, 5.74) is -0.325. The highest BCUT2D eigenvalue weighted by Crippen LogP contribution is 2.30. The summed E-state index contributed by atoms with van der Waals surface area (Å²) in [5.74, 6) is -0.755. The summed E-state index contributed by atoms with van der Waals surface area (Å²) in [4.78, 5) is 12.6. The summed E-state index contributed by atoms with van der Waals surface area (Å²) in [5, 5.41) is 2.35. The number of benzene rings is 3. The summed E-state index contributed by atoms with van der Waals surface area (Å²) in [6.45, 7) is -0.642. The van der Waals surface area contributed by atoms with Gasteiger partial charge in [-0.25, -0.2) is 8.42 Å². The highest BCUT2D eigenvalue weighted by atomic mass is 32.2. The van der Waals surface area contributed by atoms with Crippen LogP contribution in [-0.2, 0) is 27.5 Å². The molecule has 0 heterocycles. The summed E-state index contributed by atoms with van der Waals surface area (Å²) in [6, 6.07) is 20.5. The number of sulfonamides is 1. The van der Waals surface area contributed by atoms with Crippen molar-refractivity contribution in [1.29, 1.82) is 0 Å². The van der Waals surface area contributed by atoms with Gasteiger partial charge in [-0.2, -0.15) is 17.5 Å². The van der Waals surface area contributed by atoms with Crippen LogP contribution >= 0.6 is 0 Å². The van der Waals surface area contributed by atoms with Crippen LogP contribution in [0.15, 0.2) is 89.8 Å². The molecular formula is C22H19F3N2O3S. The van der Waals surface area contributed by atoms with Crippen molar-refractivity contribution in [2.24, 2.45) is 0 Å². The van der Waals surface area contributed by atoms with Crippen LogP contribution in [0, 0.1) is 0 Å². The van der Waals surface area contributed by atoms with Gasteiger partial charge in [-0.3, -0.25) is 4.79 Å². The zero-order chi connectivity index (χ0) is 22.5. The fourth-order valence-corrected chi connectivity index (χ4v) is 4.29. The summed E-state index contributed by atoms with van der Waals surface area (Å²) < 4.78 is 65.9. The second-order valence-electron chi connectivity index (χ2n) is 6.70. The Morgan fingerprint density at radius 1 is 0.871 bits per heavy atom. The second kappa shape index (κ2) is 9.32. The van der Waals surface area contributed by atoms with Gasteiger partial charge in [0.15, 0.2) is 0 Å². The number of halogens is 3. The molecule has 3 aromatic carbocycles. The van der Waals surface area contributed by atoms with Crippen molar-refractivity contribution in [1.82, 2.24) is 4.31 Å². The lowest BCUT2D eigenvalue weighted by Crippen LogP contribution is -2.37. The van der Waals surface area contributed by atoms with Gasteiger partial charge in [0, 0.05) is 12.2 Å². The highest BCUT2D eigenvalue weighted by molar-refractivity contribution is 7.89. The molecule has 9 heteroatoms. The summed E-state index contributed by atoms with van der Waals surface area (Å²) in [7, 11) is -4.03. The zero-order valence-corrected chi connectivity index (χ0v) is 17.0. The molecule has 0 unspecified atom stereocenters. The smallest absolute Gasteiger partial charge is 0.325 e. The Kier molecular flexibility index (Phi) is 6.77. The lowest BCUT2D eigenvalue weighted by Gasteiger charge is -2.22. The van der Waals surface area contributed by atoms with Crippen molar-refractivity contribution < 1.29 is 26.4 Å². The van der Waals surface area contributed by atoms with Crippen LogP contribution in [0.4, 0.5) is 18.9 Å². The zero-order valence-electron chi connectivity index (χ0n) is 16.2. The van der Waals surface area contributed by atoms with E-state index in [2.05, 4.69) is 5.32 Å². The van der Waals surface area contributed by atoms with E-state index < -0.39 is 34.2 Å². The fourth-order valence-electron chi connectivity index (χ4n) is 2.89. The minimum atomic E-state index is -4.56. The first-order valence-corrected chi connectivity index (χ1v) is 10.7. The lowest BCUT2D eigenvalue weighted by molar-refractivity contribution is -0.137. The Bertz CT molecular complexity index is 1140. The van der Waals surface area contributed by atoms with Gasteiger partial charge < -0.3 is 5.32 Å². The van der Waals surface area contributed by atoms with Gasteiger partial charge in [0.2, 0.25) is 15.9 Å². The largest absolute Gasteiger partial charge is 0.416 e. The summed E-state index contributed by atoms with van der Waals surface area (Å²) in [6.07, 6.45) is -4.56. The molecule has 0 aliphatic rings. The number of amides is 1. The van der Waals surface area contributed by atoms with Crippen molar-refractivity contribution in [2.45, 2.75) is 17.6 Å². The number of carbonyl (C=O) groups excluding carboxylic acids is 1. The number of rotatable bonds is 7. The SMILES string of the molecule is O=C(CN(Cc1ccccc1)S(=O)(=O)c1ccccc1)Nc1cccc(C(F)(F)F)c1. The number of hydrogen-bond donors (Lipinski definition) is 1. The third kappa shape index (κ3) is 5.93. The van der Waals surface area contributed by atoms with Crippen molar-refractivity contribution in [3.63, 3.8) is 0 Å². The summed E-state index contributed by atoms with van der Waals surface area (Å²) >= 11 is 0. The van der Waals surface area contributed by atoms with Crippen LogP contribution in [0.5, 0.6) is 0 Å². The molecule has 3 rings (SSSR count). The van der Waals surface area contributed by atoms with E-state index in [9.17, 15) is 26.4 Å². The number of hydrogen-bond acceptors (Lipinski definition) is 3. The maximum absolute atomic E-state index is 13.1. The maximum Gasteiger partial charge on any atom is 0.416 e. The fraction of sp³-hybridized carbons (Fsp3) is 0.136. The quantitative estimate of drug-likeness (QED) is 0.577. The molecule has 0 bridgehead atoms. The Morgan fingerprint density at radius 2 is 1.48 bits per heavy atom. The van der Waals surface area contributed by atoms with Crippen LogP contribution in [0.3, 0.4) is 0 Å². The van der Waals surface area contributed by atoms with Crippen LogP contribution in [0.25, 0.3) is 0 Å². The highest BCUT2D eigenvalue weighted by Gasteiger charge is 2.31.